The van der Waals surface area contributed by atoms with Crippen molar-refractivity contribution in [3.8, 4) is 0 Å². The van der Waals surface area contributed by atoms with Gasteiger partial charge in [0.25, 0.3) is 5.91 Å². The quantitative estimate of drug-likeness (QED) is 0.797. The first-order valence-electron chi connectivity index (χ1n) is 5.54. The van der Waals surface area contributed by atoms with E-state index in [1.165, 1.54) is 0 Å². The zero-order chi connectivity index (χ0) is 13.0. The molecule has 0 bridgehead atoms. The number of rotatable bonds is 4. The van der Waals surface area contributed by atoms with Gasteiger partial charge in [0.05, 0.1) is 11.3 Å². The minimum atomic E-state index is -0.880. The Morgan fingerprint density at radius 1 is 1.35 bits per heavy atom. The van der Waals surface area contributed by atoms with Crippen LogP contribution < -0.4 is 11.1 Å². The smallest absolute Gasteiger partial charge is 0.254 e. The van der Waals surface area contributed by atoms with Gasteiger partial charge in [-0.1, -0.05) is 13.8 Å². The molecule has 0 saturated heterocycles. The van der Waals surface area contributed by atoms with E-state index in [1.54, 1.807) is 0 Å². The van der Waals surface area contributed by atoms with E-state index in [0.29, 0.717) is 0 Å². The number of carbonyl (C=O) groups excluding carboxylic acids is 1. The highest BCUT2D eigenvalue weighted by molar-refractivity contribution is 5.95. The fourth-order valence-electron chi connectivity index (χ4n) is 1.53. The van der Waals surface area contributed by atoms with Gasteiger partial charge < -0.3 is 11.1 Å². The number of hydrogen-bond acceptors (Lipinski definition) is 2. The summed E-state index contributed by atoms with van der Waals surface area (Å²) in [6.07, 6.45) is 1.46. The molecule has 0 aliphatic rings. The van der Waals surface area contributed by atoms with Gasteiger partial charge in [-0.15, -0.1) is 0 Å². The highest BCUT2D eigenvalue weighted by atomic mass is 19.1. The van der Waals surface area contributed by atoms with Gasteiger partial charge in [-0.3, -0.25) is 4.79 Å². The zero-order valence-corrected chi connectivity index (χ0v) is 9.89. The first-order valence-corrected chi connectivity index (χ1v) is 5.54. The van der Waals surface area contributed by atoms with Crippen LogP contribution in [0.25, 0.3) is 0 Å². The molecule has 5 heteroatoms. The minimum Gasteiger partial charge on any atom is -0.396 e. The average molecular weight is 242 g/mol. The van der Waals surface area contributed by atoms with Gasteiger partial charge in [0.15, 0.2) is 5.82 Å². The Kier molecular flexibility index (Phi) is 4.43. The molecule has 0 unspecified atom stereocenters. The second-order valence-corrected chi connectivity index (χ2v) is 3.84. The van der Waals surface area contributed by atoms with Crippen LogP contribution >= 0.6 is 0 Å². The van der Waals surface area contributed by atoms with Gasteiger partial charge in [0.1, 0.15) is 5.82 Å². The van der Waals surface area contributed by atoms with Gasteiger partial charge in [-0.25, -0.2) is 8.78 Å². The summed E-state index contributed by atoms with van der Waals surface area (Å²) >= 11 is 0. The van der Waals surface area contributed by atoms with Crippen LogP contribution in [-0.2, 0) is 0 Å². The van der Waals surface area contributed by atoms with Crippen molar-refractivity contribution < 1.29 is 13.6 Å². The van der Waals surface area contributed by atoms with Crippen molar-refractivity contribution >= 4 is 11.6 Å². The Labute approximate surface area is 99.0 Å². The SMILES string of the molecule is CCC(CC)NC(=O)c1cc(F)cc(N)c1F. The molecule has 3 N–H and O–H groups in total. The monoisotopic (exact) mass is 242 g/mol. The van der Waals surface area contributed by atoms with Crippen molar-refractivity contribution in [3.63, 3.8) is 0 Å². The number of amides is 1. The van der Waals surface area contributed by atoms with Crippen LogP contribution in [-0.4, -0.2) is 11.9 Å². The molecule has 94 valence electrons. The van der Waals surface area contributed by atoms with Gasteiger partial charge in [0, 0.05) is 6.04 Å². The molecule has 1 aromatic rings. The zero-order valence-electron chi connectivity index (χ0n) is 9.89. The van der Waals surface area contributed by atoms with E-state index in [9.17, 15) is 13.6 Å². The van der Waals surface area contributed by atoms with Crippen LogP contribution in [0, 0.1) is 11.6 Å². The van der Waals surface area contributed by atoms with Crippen molar-refractivity contribution in [2.75, 3.05) is 5.73 Å². The molecule has 3 nitrogen and oxygen atoms in total. The molecule has 0 heterocycles. The van der Waals surface area contributed by atoms with Crippen LogP contribution in [0.5, 0.6) is 0 Å². The fourth-order valence-corrected chi connectivity index (χ4v) is 1.53. The molecule has 0 spiro atoms. The van der Waals surface area contributed by atoms with Crippen molar-refractivity contribution in [1.29, 1.82) is 0 Å². The second kappa shape index (κ2) is 5.61. The molecule has 1 amide bonds. The van der Waals surface area contributed by atoms with Crippen LogP contribution in [0.1, 0.15) is 37.0 Å². The largest absolute Gasteiger partial charge is 0.396 e. The average Bonchev–Trinajstić information content (AvgIpc) is 2.30. The summed E-state index contributed by atoms with van der Waals surface area (Å²) in [4.78, 5) is 11.7. The predicted molar refractivity (Wildman–Crippen MR) is 62.6 cm³/mol. The lowest BCUT2D eigenvalue weighted by Crippen LogP contribution is -2.34. The van der Waals surface area contributed by atoms with E-state index in [0.717, 1.165) is 25.0 Å². The fraction of sp³-hybridized carbons (Fsp3) is 0.417. The Morgan fingerprint density at radius 2 is 1.94 bits per heavy atom. The third kappa shape index (κ3) is 3.15. The first-order chi connectivity index (χ1) is 7.99. The Hall–Kier alpha value is -1.65. The maximum Gasteiger partial charge on any atom is 0.254 e. The molecule has 0 atom stereocenters. The summed E-state index contributed by atoms with van der Waals surface area (Å²) in [6.45, 7) is 3.81. The lowest BCUT2D eigenvalue weighted by molar-refractivity contribution is 0.0930. The lowest BCUT2D eigenvalue weighted by Gasteiger charge is -2.15. The van der Waals surface area contributed by atoms with E-state index in [4.69, 9.17) is 5.73 Å². The van der Waals surface area contributed by atoms with Crippen LogP contribution in [0.3, 0.4) is 0 Å². The number of carbonyl (C=O) groups is 1. The molecular weight excluding hydrogens is 226 g/mol. The maximum atomic E-state index is 13.5. The number of nitrogens with two attached hydrogens (primary N) is 1. The molecule has 1 rings (SSSR count). The number of anilines is 1. The highest BCUT2D eigenvalue weighted by Gasteiger charge is 2.17. The van der Waals surface area contributed by atoms with Crippen LogP contribution in [0.4, 0.5) is 14.5 Å². The third-order valence-corrected chi connectivity index (χ3v) is 2.63. The number of halogens is 2. The molecule has 0 radical (unpaired) electrons. The minimum absolute atomic E-state index is 0.0496. The topological polar surface area (TPSA) is 55.1 Å². The van der Waals surface area contributed by atoms with Crippen molar-refractivity contribution in [2.45, 2.75) is 32.7 Å². The lowest BCUT2D eigenvalue weighted by atomic mass is 10.1. The molecule has 1 aromatic carbocycles. The molecule has 0 aliphatic heterocycles. The predicted octanol–water partition coefficient (Wildman–Crippen LogP) is 2.47. The highest BCUT2D eigenvalue weighted by Crippen LogP contribution is 2.17. The van der Waals surface area contributed by atoms with E-state index in [1.807, 2.05) is 13.8 Å². The molecular formula is C12H16F2N2O. The Bertz CT molecular complexity index is 417. The normalized spacial score (nSPS) is 10.6. The molecule has 0 aliphatic carbocycles. The third-order valence-electron chi connectivity index (χ3n) is 2.63. The molecule has 0 saturated carbocycles. The van der Waals surface area contributed by atoms with E-state index >= 15 is 0 Å². The van der Waals surface area contributed by atoms with Gasteiger partial charge in [-0.2, -0.15) is 0 Å². The summed E-state index contributed by atoms with van der Waals surface area (Å²) in [5.74, 6) is -2.24. The standard InChI is InChI=1S/C12H16F2N2O/c1-3-8(4-2)16-12(17)9-5-7(13)6-10(15)11(9)14/h5-6,8H,3-4,15H2,1-2H3,(H,16,17). The molecule has 17 heavy (non-hydrogen) atoms. The van der Waals surface area contributed by atoms with Crippen molar-refractivity contribution in [1.82, 2.24) is 5.32 Å². The number of nitrogens with one attached hydrogen (secondary N) is 1. The summed E-state index contributed by atoms with van der Waals surface area (Å²) in [7, 11) is 0. The van der Waals surface area contributed by atoms with Gasteiger partial charge >= 0.3 is 0 Å². The molecule has 0 fully saturated rings. The summed E-state index contributed by atoms with van der Waals surface area (Å²) < 4.78 is 26.6. The van der Waals surface area contributed by atoms with Crippen molar-refractivity contribution in [2.24, 2.45) is 0 Å². The Morgan fingerprint density at radius 3 is 2.47 bits per heavy atom. The Balaban J connectivity index is 2.96. The summed E-state index contributed by atoms with van der Waals surface area (Å²) in [6, 6.07) is 1.65. The number of hydrogen-bond donors (Lipinski definition) is 2. The van der Waals surface area contributed by atoms with Crippen molar-refractivity contribution in [3.05, 3.63) is 29.3 Å². The summed E-state index contributed by atoms with van der Waals surface area (Å²) in [5, 5.41) is 2.63. The van der Waals surface area contributed by atoms with E-state index < -0.39 is 17.5 Å². The van der Waals surface area contributed by atoms with E-state index in [-0.39, 0.29) is 17.3 Å². The number of nitrogen functional groups attached to an aromatic ring is 1. The van der Waals surface area contributed by atoms with Crippen LogP contribution in [0.15, 0.2) is 12.1 Å². The first kappa shape index (κ1) is 13.4. The van der Waals surface area contributed by atoms with Gasteiger partial charge in [-0.05, 0) is 25.0 Å². The van der Waals surface area contributed by atoms with Crippen LogP contribution in [0.2, 0.25) is 0 Å². The molecule has 0 aromatic heterocycles. The van der Waals surface area contributed by atoms with E-state index in [2.05, 4.69) is 5.32 Å². The maximum absolute atomic E-state index is 13.5. The second-order valence-electron chi connectivity index (χ2n) is 3.84. The summed E-state index contributed by atoms with van der Waals surface area (Å²) in [5.41, 5.74) is 4.55. The van der Waals surface area contributed by atoms with Gasteiger partial charge in [0.2, 0.25) is 0 Å². The number of benzene rings is 1.